The lowest BCUT2D eigenvalue weighted by Crippen LogP contribution is -2.05. The second-order valence-corrected chi connectivity index (χ2v) is 7.39. The molecule has 1 aliphatic heterocycles. The summed E-state index contributed by atoms with van der Waals surface area (Å²) in [6.07, 6.45) is 6.82. The van der Waals surface area contributed by atoms with Crippen molar-refractivity contribution in [1.29, 1.82) is 0 Å². The van der Waals surface area contributed by atoms with Gasteiger partial charge in [-0.1, -0.05) is 19.9 Å². The molecule has 4 rings (SSSR count). The standard InChI is InChI=1S/C17H18FN5.C5H10O/c1-9(2)15-11(6-19)7-21-14-4-3-10(5-12(14)15)16-13(18)8-22-17(20)23-16;1-2-4-6-5-3-1/h3-5,7-9H,6,19H2,1-2H3,(H2,20,22,23);1-5H2. The van der Waals surface area contributed by atoms with Gasteiger partial charge in [-0.3, -0.25) is 4.98 Å². The lowest BCUT2D eigenvalue weighted by atomic mass is 9.93. The van der Waals surface area contributed by atoms with Crippen molar-refractivity contribution in [3.63, 3.8) is 0 Å². The molecule has 1 saturated heterocycles. The van der Waals surface area contributed by atoms with Crippen LogP contribution in [0.15, 0.2) is 30.6 Å². The van der Waals surface area contributed by atoms with Gasteiger partial charge in [-0.15, -0.1) is 0 Å². The third-order valence-corrected chi connectivity index (χ3v) is 4.90. The van der Waals surface area contributed by atoms with Crippen molar-refractivity contribution < 1.29 is 9.13 Å². The zero-order chi connectivity index (χ0) is 20.8. The maximum atomic E-state index is 14.0. The van der Waals surface area contributed by atoms with Gasteiger partial charge in [0.2, 0.25) is 5.95 Å². The highest BCUT2D eigenvalue weighted by atomic mass is 19.1. The minimum Gasteiger partial charge on any atom is -0.381 e. The van der Waals surface area contributed by atoms with Gasteiger partial charge in [0.05, 0.1) is 11.7 Å². The molecular formula is C22H28FN5O. The summed E-state index contributed by atoms with van der Waals surface area (Å²) in [5.41, 5.74) is 15.2. The van der Waals surface area contributed by atoms with Crippen molar-refractivity contribution in [2.24, 2.45) is 5.73 Å². The molecule has 1 aromatic carbocycles. The number of benzene rings is 1. The summed E-state index contributed by atoms with van der Waals surface area (Å²) in [7, 11) is 0. The van der Waals surface area contributed by atoms with E-state index in [2.05, 4.69) is 28.8 Å². The number of nitrogens with two attached hydrogens (primary N) is 2. The van der Waals surface area contributed by atoms with Crippen molar-refractivity contribution in [2.45, 2.75) is 45.6 Å². The summed E-state index contributed by atoms with van der Waals surface area (Å²) in [5.74, 6) is -0.193. The summed E-state index contributed by atoms with van der Waals surface area (Å²) in [6.45, 7) is 6.61. The van der Waals surface area contributed by atoms with E-state index in [4.69, 9.17) is 16.2 Å². The number of nitrogens with zero attached hydrogens (tertiary/aromatic N) is 3. The summed E-state index contributed by atoms with van der Waals surface area (Å²) >= 11 is 0. The topological polar surface area (TPSA) is 99.9 Å². The zero-order valence-electron chi connectivity index (χ0n) is 17.0. The lowest BCUT2D eigenvalue weighted by Gasteiger charge is -2.15. The van der Waals surface area contributed by atoms with Gasteiger partial charge in [0.15, 0.2) is 5.82 Å². The third kappa shape index (κ3) is 5.05. The van der Waals surface area contributed by atoms with E-state index in [0.717, 1.165) is 41.4 Å². The normalized spacial score (nSPS) is 14.0. The van der Waals surface area contributed by atoms with E-state index in [1.54, 1.807) is 12.3 Å². The number of anilines is 1. The Labute approximate surface area is 170 Å². The van der Waals surface area contributed by atoms with Crippen molar-refractivity contribution in [2.75, 3.05) is 18.9 Å². The highest BCUT2D eigenvalue weighted by Crippen LogP contribution is 2.31. The molecule has 3 heterocycles. The van der Waals surface area contributed by atoms with Crippen molar-refractivity contribution in [1.82, 2.24) is 15.0 Å². The number of halogens is 1. The Morgan fingerprint density at radius 1 is 1.10 bits per heavy atom. The lowest BCUT2D eigenvalue weighted by molar-refractivity contribution is 0.0968. The number of aromatic nitrogens is 3. The molecule has 154 valence electrons. The van der Waals surface area contributed by atoms with Crippen LogP contribution in [0, 0.1) is 5.82 Å². The van der Waals surface area contributed by atoms with E-state index in [-0.39, 0.29) is 17.6 Å². The molecule has 1 aliphatic rings. The van der Waals surface area contributed by atoms with Crippen molar-refractivity contribution in [3.05, 3.63) is 47.5 Å². The molecule has 0 spiro atoms. The maximum absolute atomic E-state index is 14.0. The summed E-state index contributed by atoms with van der Waals surface area (Å²) in [4.78, 5) is 12.1. The van der Waals surface area contributed by atoms with Gasteiger partial charge in [0.25, 0.3) is 0 Å². The molecule has 2 aromatic heterocycles. The maximum Gasteiger partial charge on any atom is 0.220 e. The molecule has 0 amide bonds. The molecule has 1 fully saturated rings. The van der Waals surface area contributed by atoms with Crippen LogP contribution < -0.4 is 11.5 Å². The van der Waals surface area contributed by atoms with Crippen LogP contribution in [0.1, 0.15) is 50.2 Å². The second kappa shape index (κ2) is 9.71. The second-order valence-electron chi connectivity index (χ2n) is 7.39. The Bertz CT molecular complexity index is 961. The SMILES string of the molecule is C1CCOCC1.CC(C)c1c(CN)cnc2ccc(-c3nc(N)ncc3F)cc12. The molecule has 0 bridgehead atoms. The van der Waals surface area contributed by atoms with Crippen LogP contribution in [0.5, 0.6) is 0 Å². The first-order valence-corrected chi connectivity index (χ1v) is 9.99. The van der Waals surface area contributed by atoms with Crippen LogP contribution in [0.3, 0.4) is 0 Å². The van der Waals surface area contributed by atoms with Gasteiger partial charge in [-0.05, 0) is 48.4 Å². The van der Waals surface area contributed by atoms with Crippen LogP contribution in [0.2, 0.25) is 0 Å². The number of ether oxygens (including phenoxy) is 1. The molecule has 0 aliphatic carbocycles. The Kier molecular flexibility index (Phi) is 7.06. The molecule has 0 atom stereocenters. The first-order valence-electron chi connectivity index (χ1n) is 9.99. The number of rotatable bonds is 3. The highest BCUT2D eigenvalue weighted by Gasteiger charge is 2.14. The average molecular weight is 397 g/mol. The fraction of sp³-hybridized carbons (Fsp3) is 0.409. The summed E-state index contributed by atoms with van der Waals surface area (Å²) in [6, 6.07) is 5.53. The van der Waals surface area contributed by atoms with Gasteiger partial charge < -0.3 is 16.2 Å². The van der Waals surface area contributed by atoms with Gasteiger partial charge in [-0.2, -0.15) is 0 Å². The minimum atomic E-state index is -0.507. The first-order chi connectivity index (χ1) is 14.0. The highest BCUT2D eigenvalue weighted by molar-refractivity contribution is 5.88. The molecule has 4 N–H and O–H groups in total. The minimum absolute atomic E-state index is 0.0411. The molecule has 3 aromatic rings. The van der Waals surface area contributed by atoms with E-state index in [1.807, 2.05) is 12.1 Å². The number of pyridine rings is 1. The Morgan fingerprint density at radius 3 is 2.45 bits per heavy atom. The smallest absolute Gasteiger partial charge is 0.220 e. The Hall–Kier alpha value is -2.64. The molecule has 6 nitrogen and oxygen atoms in total. The van der Waals surface area contributed by atoms with Crippen molar-refractivity contribution in [3.8, 4) is 11.3 Å². The summed E-state index contributed by atoms with van der Waals surface area (Å²) < 4.78 is 19.1. The van der Waals surface area contributed by atoms with Gasteiger partial charge in [0.1, 0.15) is 5.69 Å². The van der Waals surface area contributed by atoms with Crippen LogP contribution in [0.25, 0.3) is 22.2 Å². The zero-order valence-corrected chi connectivity index (χ0v) is 17.0. The number of nitrogen functional groups attached to an aromatic ring is 1. The van der Waals surface area contributed by atoms with Gasteiger partial charge in [0, 0.05) is 36.9 Å². The number of fused-ring (bicyclic) bond motifs is 1. The number of hydrogen-bond acceptors (Lipinski definition) is 6. The van der Waals surface area contributed by atoms with Crippen LogP contribution in [-0.2, 0) is 11.3 Å². The van der Waals surface area contributed by atoms with E-state index in [1.165, 1.54) is 19.3 Å². The van der Waals surface area contributed by atoms with Crippen LogP contribution in [0.4, 0.5) is 10.3 Å². The molecule has 0 unspecified atom stereocenters. The Balaban J connectivity index is 0.000000343. The van der Waals surface area contributed by atoms with Gasteiger partial charge >= 0.3 is 0 Å². The molecule has 7 heteroatoms. The molecule has 0 radical (unpaired) electrons. The first kappa shape index (κ1) is 21.1. The van der Waals surface area contributed by atoms with Crippen molar-refractivity contribution >= 4 is 16.9 Å². The van der Waals surface area contributed by atoms with E-state index < -0.39 is 5.82 Å². The largest absolute Gasteiger partial charge is 0.381 e. The van der Waals surface area contributed by atoms with Gasteiger partial charge in [-0.25, -0.2) is 14.4 Å². The van der Waals surface area contributed by atoms with E-state index in [9.17, 15) is 4.39 Å². The fourth-order valence-electron chi connectivity index (χ4n) is 3.52. The van der Waals surface area contributed by atoms with E-state index >= 15 is 0 Å². The third-order valence-electron chi connectivity index (χ3n) is 4.90. The predicted molar refractivity (Wildman–Crippen MR) is 114 cm³/mol. The predicted octanol–water partition coefficient (Wildman–Crippen LogP) is 4.18. The fourth-order valence-corrected chi connectivity index (χ4v) is 3.52. The molecule has 0 saturated carbocycles. The van der Waals surface area contributed by atoms with E-state index in [0.29, 0.717) is 12.1 Å². The quantitative estimate of drug-likeness (QED) is 0.688. The number of hydrogen-bond donors (Lipinski definition) is 2. The van der Waals surface area contributed by atoms with Crippen LogP contribution in [-0.4, -0.2) is 28.2 Å². The average Bonchev–Trinajstić information content (AvgIpc) is 2.75. The summed E-state index contributed by atoms with van der Waals surface area (Å²) in [5, 5.41) is 0.956. The monoisotopic (exact) mass is 397 g/mol. The molecular weight excluding hydrogens is 369 g/mol. The Morgan fingerprint density at radius 2 is 1.86 bits per heavy atom. The van der Waals surface area contributed by atoms with Crippen LogP contribution >= 0.6 is 0 Å². The molecule has 29 heavy (non-hydrogen) atoms.